The second kappa shape index (κ2) is 7.18. The van der Waals surface area contributed by atoms with Crippen LogP contribution in [0.4, 0.5) is 4.39 Å². The van der Waals surface area contributed by atoms with Crippen LogP contribution in [0.3, 0.4) is 0 Å². The van der Waals surface area contributed by atoms with Gasteiger partial charge in [0, 0.05) is 18.2 Å². The number of carbonyl (C=O) groups is 1. The van der Waals surface area contributed by atoms with E-state index in [4.69, 9.17) is 0 Å². The van der Waals surface area contributed by atoms with E-state index in [9.17, 15) is 14.0 Å². The molecule has 0 aliphatic carbocycles. The average molecular weight is 352 g/mol. The first-order valence-electron chi connectivity index (χ1n) is 7.92. The molecule has 0 saturated carbocycles. The molecule has 2 aromatic carbocycles. The second-order valence-electron chi connectivity index (χ2n) is 5.69. The van der Waals surface area contributed by atoms with Gasteiger partial charge in [0.25, 0.3) is 11.5 Å². The number of nitrogens with zero attached hydrogens (tertiary/aromatic N) is 3. The van der Waals surface area contributed by atoms with Gasteiger partial charge >= 0.3 is 0 Å². The first kappa shape index (κ1) is 17.3. The minimum atomic E-state index is -0.466. The van der Waals surface area contributed by atoms with Crippen molar-refractivity contribution in [3.8, 4) is 5.69 Å². The number of carbonyl (C=O) groups excluding carboxylic acids is 1. The van der Waals surface area contributed by atoms with Gasteiger partial charge < -0.3 is 0 Å². The number of amides is 1. The Morgan fingerprint density at radius 3 is 2.42 bits per heavy atom. The van der Waals surface area contributed by atoms with E-state index in [1.807, 2.05) is 30.3 Å². The maximum atomic E-state index is 12.9. The highest BCUT2D eigenvalue weighted by Gasteiger charge is 2.14. The molecule has 1 heterocycles. The summed E-state index contributed by atoms with van der Waals surface area (Å²) in [6, 6.07) is 14.4. The van der Waals surface area contributed by atoms with Crippen LogP contribution in [0.1, 0.15) is 21.6 Å². The van der Waals surface area contributed by atoms with Crippen LogP contribution < -0.4 is 11.0 Å². The van der Waals surface area contributed by atoms with E-state index >= 15 is 0 Å². The lowest BCUT2D eigenvalue weighted by Gasteiger charge is -2.08. The Hall–Kier alpha value is -3.48. The number of hydrogen-bond donors (Lipinski definition) is 1. The first-order chi connectivity index (χ1) is 12.5. The molecule has 0 unspecified atom stereocenters. The second-order valence-corrected chi connectivity index (χ2v) is 5.69. The van der Waals surface area contributed by atoms with Gasteiger partial charge in [0.05, 0.1) is 17.6 Å². The van der Waals surface area contributed by atoms with Gasteiger partial charge in [0.2, 0.25) is 0 Å². The fourth-order valence-electron chi connectivity index (χ4n) is 2.61. The molecule has 26 heavy (non-hydrogen) atoms. The summed E-state index contributed by atoms with van der Waals surface area (Å²) in [5.41, 5.74) is 4.31. The number of hydrogen-bond acceptors (Lipinski definition) is 3. The number of benzene rings is 2. The van der Waals surface area contributed by atoms with Crippen molar-refractivity contribution in [3.63, 3.8) is 0 Å². The molecule has 1 amide bonds. The molecule has 0 atom stereocenters. The molecule has 1 N–H and O–H groups in total. The normalized spacial score (nSPS) is 11.0. The molecule has 0 aliphatic heterocycles. The summed E-state index contributed by atoms with van der Waals surface area (Å²) >= 11 is 0. The monoisotopic (exact) mass is 352 g/mol. The van der Waals surface area contributed by atoms with Crippen molar-refractivity contribution in [2.24, 2.45) is 12.1 Å². The van der Waals surface area contributed by atoms with Gasteiger partial charge in [-0.3, -0.25) is 14.3 Å². The third kappa shape index (κ3) is 3.32. The average Bonchev–Trinajstić information content (AvgIpc) is 2.86. The van der Waals surface area contributed by atoms with Crippen LogP contribution in [0.15, 0.2) is 64.5 Å². The molecular weight excluding hydrogens is 335 g/mol. The van der Waals surface area contributed by atoms with Crippen molar-refractivity contribution in [1.29, 1.82) is 0 Å². The summed E-state index contributed by atoms with van der Waals surface area (Å²) in [5, 5.41) is 3.92. The molecule has 0 radical (unpaired) electrons. The predicted octanol–water partition coefficient (Wildman–Crippen LogP) is 2.39. The lowest BCUT2D eigenvalue weighted by molar-refractivity contribution is 0.0955. The molecule has 3 aromatic rings. The standard InChI is InChI=1S/C19H17FN4O2/c1-13-17(12-21-22-18(25)14-8-10-15(20)11-9-14)23(2)24(19(13)26)16-6-4-3-5-7-16/h3-12H,1-2H3,(H,22,25)/b21-12-. The molecule has 7 heteroatoms. The topological polar surface area (TPSA) is 68.4 Å². The van der Waals surface area contributed by atoms with Crippen molar-refractivity contribution >= 4 is 12.1 Å². The summed E-state index contributed by atoms with van der Waals surface area (Å²) in [7, 11) is 1.74. The molecule has 3 rings (SSSR count). The fourth-order valence-corrected chi connectivity index (χ4v) is 2.61. The first-order valence-corrected chi connectivity index (χ1v) is 7.92. The maximum absolute atomic E-state index is 12.9. The van der Waals surface area contributed by atoms with Gasteiger partial charge in [0.15, 0.2) is 0 Å². The van der Waals surface area contributed by atoms with Crippen LogP contribution in [0.25, 0.3) is 5.69 Å². The highest BCUT2D eigenvalue weighted by Crippen LogP contribution is 2.08. The largest absolute Gasteiger partial charge is 0.279 e. The van der Waals surface area contributed by atoms with Crippen molar-refractivity contribution in [2.75, 3.05) is 0 Å². The zero-order chi connectivity index (χ0) is 18.7. The minimum Gasteiger partial charge on any atom is -0.279 e. The zero-order valence-electron chi connectivity index (χ0n) is 14.3. The molecule has 1 aromatic heterocycles. The summed E-state index contributed by atoms with van der Waals surface area (Å²) < 4.78 is 16.1. The van der Waals surface area contributed by atoms with Crippen LogP contribution in [0.2, 0.25) is 0 Å². The molecule has 0 saturated heterocycles. The molecule has 132 valence electrons. The van der Waals surface area contributed by atoms with Gasteiger partial charge in [-0.15, -0.1) is 0 Å². The SMILES string of the molecule is Cc1c(/C=N\NC(=O)c2ccc(F)cc2)n(C)n(-c2ccccc2)c1=O. The highest BCUT2D eigenvalue weighted by molar-refractivity contribution is 5.94. The van der Waals surface area contributed by atoms with E-state index in [2.05, 4.69) is 10.5 Å². The Morgan fingerprint density at radius 2 is 1.77 bits per heavy atom. The molecule has 0 bridgehead atoms. The van der Waals surface area contributed by atoms with Gasteiger partial charge in [-0.2, -0.15) is 5.10 Å². The van der Waals surface area contributed by atoms with E-state index in [0.29, 0.717) is 11.3 Å². The van der Waals surface area contributed by atoms with Crippen molar-refractivity contribution < 1.29 is 9.18 Å². The number of hydrazone groups is 1. The number of nitrogens with one attached hydrogen (secondary N) is 1. The zero-order valence-corrected chi connectivity index (χ0v) is 14.3. The Kier molecular flexibility index (Phi) is 4.79. The predicted molar refractivity (Wildman–Crippen MR) is 97.2 cm³/mol. The molecule has 0 aliphatic rings. The van der Waals surface area contributed by atoms with Gasteiger partial charge in [-0.1, -0.05) is 18.2 Å². The molecule has 6 nitrogen and oxygen atoms in total. The van der Waals surface area contributed by atoms with Crippen molar-refractivity contribution in [3.05, 3.63) is 87.6 Å². The smallest absolute Gasteiger partial charge is 0.274 e. The van der Waals surface area contributed by atoms with Crippen LogP contribution in [-0.4, -0.2) is 21.5 Å². The number of halogens is 1. The minimum absolute atomic E-state index is 0.162. The van der Waals surface area contributed by atoms with Crippen LogP contribution in [0.5, 0.6) is 0 Å². The van der Waals surface area contributed by atoms with Crippen LogP contribution in [-0.2, 0) is 7.05 Å². The summed E-state index contributed by atoms with van der Waals surface area (Å²) in [4.78, 5) is 24.5. The van der Waals surface area contributed by atoms with Crippen molar-refractivity contribution in [2.45, 2.75) is 6.92 Å². The molecular formula is C19H17FN4O2. The lowest BCUT2D eigenvalue weighted by atomic mass is 10.2. The summed E-state index contributed by atoms with van der Waals surface area (Å²) in [5.74, 6) is -0.885. The van der Waals surface area contributed by atoms with E-state index < -0.39 is 11.7 Å². The molecule has 0 fully saturated rings. The van der Waals surface area contributed by atoms with Crippen molar-refractivity contribution in [1.82, 2.24) is 14.8 Å². The van der Waals surface area contributed by atoms with Gasteiger partial charge in [0.1, 0.15) is 5.82 Å². The van der Waals surface area contributed by atoms with Crippen LogP contribution in [0, 0.1) is 12.7 Å². The fraction of sp³-hybridized carbons (Fsp3) is 0.105. The van der Waals surface area contributed by atoms with E-state index in [-0.39, 0.29) is 11.1 Å². The quantitative estimate of drug-likeness (QED) is 0.579. The summed E-state index contributed by atoms with van der Waals surface area (Å²) in [6.07, 6.45) is 1.41. The number of para-hydroxylation sites is 1. The Morgan fingerprint density at radius 1 is 1.12 bits per heavy atom. The summed E-state index contributed by atoms with van der Waals surface area (Å²) in [6.45, 7) is 1.70. The number of rotatable bonds is 4. The van der Waals surface area contributed by atoms with E-state index in [1.54, 1.807) is 18.7 Å². The van der Waals surface area contributed by atoms with E-state index in [0.717, 1.165) is 5.69 Å². The van der Waals surface area contributed by atoms with Gasteiger partial charge in [-0.25, -0.2) is 14.5 Å². The third-order valence-electron chi connectivity index (χ3n) is 4.01. The number of aromatic nitrogens is 2. The molecule has 0 spiro atoms. The maximum Gasteiger partial charge on any atom is 0.274 e. The lowest BCUT2D eigenvalue weighted by Crippen LogP contribution is -2.20. The highest BCUT2D eigenvalue weighted by atomic mass is 19.1. The van der Waals surface area contributed by atoms with E-state index in [1.165, 1.54) is 35.2 Å². The third-order valence-corrected chi connectivity index (χ3v) is 4.01. The Bertz CT molecular complexity index is 1020. The Balaban J connectivity index is 1.84. The van der Waals surface area contributed by atoms with Gasteiger partial charge in [-0.05, 0) is 43.3 Å². The Labute approximate surface area is 149 Å². The van der Waals surface area contributed by atoms with Crippen LogP contribution >= 0.6 is 0 Å².